The van der Waals surface area contributed by atoms with Gasteiger partial charge in [0.25, 0.3) is 0 Å². The number of nitrogens with zero attached hydrogens (tertiary/aromatic N) is 1. The SMILES string of the molecule is CCN(CC)CCOc1ccc(C(=O)C(=Cc2ccc3c(c2)OCO3)c2ccccc2)cc1. The molecule has 0 amide bonds. The van der Waals surface area contributed by atoms with Gasteiger partial charge < -0.3 is 19.1 Å². The number of fused-ring (bicyclic) bond motifs is 1. The average molecular weight is 444 g/mol. The predicted molar refractivity (Wildman–Crippen MR) is 131 cm³/mol. The average Bonchev–Trinajstić information content (AvgIpc) is 3.34. The van der Waals surface area contributed by atoms with Crippen molar-refractivity contribution in [2.75, 3.05) is 33.0 Å². The lowest BCUT2D eigenvalue weighted by atomic mass is 9.94. The number of ether oxygens (including phenoxy) is 3. The number of benzene rings is 3. The van der Waals surface area contributed by atoms with Gasteiger partial charge in [-0.05, 0) is 66.7 Å². The van der Waals surface area contributed by atoms with Crippen LogP contribution in [0.5, 0.6) is 17.2 Å². The van der Waals surface area contributed by atoms with Gasteiger partial charge in [-0.25, -0.2) is 0 Å². The second kappa shape index (κ2) is 10.8. The van der Waals surface area contributed by atoms with Gasteiger partial charge in [0.15, 0.2) is 17.3 Å². The lowest BCUT2D eigenvalue weighted by Crippen LogP contribution is -2.27. The minimum Gasteiger partial charge on any atom is -0.492 e. The van der Waals surface area contributed by atoms with Gasteiger partial charge in [0.2, 0.25) is 6.79 Å². The Labute approximate surface area is 195 Å². The number of carbonyl (C=O) groups is 1. The van der Waals surface area contributed by atoms with E-state index in [-0.39, 0.29) is 12.6 Å². The van der Waals surface area contributed by atoms with E-state index in [1.807, 2.05) is 78.9 Å². The summed E-state index contributed by atoms with van der Waals surface area (Å²) in [7, 11) is 0. The molecule has 1 aliphatic heterocycles. The van der Waals surface area contributed by atoms with Crippen molar-refractivity contribution in [1.82, 2.24) is 4.90 Å². The Morgan fingerprint density at radius 1 is 0.909 bits per heavy atom. The molecule has 1 aliphatic rings. The zero-order valence-electron chi connectivity index (χ0n) is 19.1. The molecule has 170 valence electrons. The molecule has 0 aromatic heterocycles. The molecule has 5 nitrogen and oxygen atoms in total. The number of hydrogen-bond donors (Lipinski definition) is 0. The summed E-state index contributed by atoms with van der Waals surface area (Å²) >= 11 is 0. The summed E-state index contributed by atoms with van der Waals surface area (Å²) in [6.45, 7) is 8.02. The van der Waals surface area contributed by atoms with E-state index in [0.717, 1.165) is 42.3 Å². The molecule has 0 radical (unpaired) electrons. The fraction of sp³-hybridized carbons (Fsp3) is 0.250. The Morgan fingerprint density at radius 3 is 2.36 bits per heavy atom. The zero-order valence-corrected chi connectivity index (χ0v) is 19.1. The van der Waals surface area contributed by atoms with Crippen molar-refractivity contribution < 1.29 is 19.0 Å². The molecule has 5 heteroatoms. The molecule has 3 aromatic rings. The largest absolute Gasteiger partial charge is 0.492 e. The van der Waals surface area contributed by atoms with Gasteiger partial charge in [0.1, 0.15) is 12.4 Å². The molecule has 0 bridgehead atoms. The first-order chi connectivity index (χ1) is 16.2. The number of likely N-dealkylation sites (N-methyl/N-ethyl adjacent to an activating group) is 1. The number of ketones is 1. The van der Waals surface area contributed by atoms with Crippen LogP contribution >= 0.6 is 0 Å². The van der Waals surface area contributed by atoms with Gasteiger partial charge in [-0.1, -0.05) is 50.2 Å². The lowest BCUT2D eigenvalue weighted by molar-refractivity contribution is 0.105. The predicted octanol–water partition coefficient (Wildman–Crippen LogP) is 5.56. The Balaban J connectivity index is 1.54. The Kier molecular flexibility index (Phi) is 7.43. The van der Waals surface area contributed by atoms with Crippen LogP contribution in [0.1, 0.15) is 35.3 Å². The minimum atomic E-state index is -0.0476. The van der Waals surface area contributed by atoms with E-state index in [9.17, 15) is 4.79 Å². The van der Waals surface area contributed by atoms with Gasteiger partial charge in [-0.15, -0.1) is 0 Å². The molecule has 0 spiro atoms. The lowest BCUT2D eigenvalue weighted by Gasteiger charge is -2.18. The number of allylic oxidation sites excluding steroid dienone is 1. The van der Waals surface area contributed by atoms with Gasteiger partial charge >= 0.3 is 0 Å². The van der Waals surface area contributed by atoms with Crippen molar-refractivity contribution in [2.45, 2.75) is 13.8 Å². The highest BCUT2D eigenvalue weighted by molar-refractivity contribution is 6.32. The van der Waals surface area contributed by atoms with Crippen molar-refractivity contribution in [1.29, 1.82) is 0 Å². The third-order valence-electron chi connectivity index (χ3n) is 5.72. The maximum atomic E-state index is 13.5. The first-order valence-electron chi connectivity index (χ1n) is 11.3. The molecule has 0 unspecified atom stereocenters. The molecule has 3 aromatic carbocycles. The fourth-order valence-electron chi connectivity index (χ4n) is 3.76. The van der Waals surface area contributed by atoms with E-state index in [1.54, 1.807) is 0 Å². The third-order valence-corrected chi connectivity index (χ3v) is 5.72. The fourth-order valence-corrected chi connectivity index (χ4v) is 3.76. The second-order valence-corrected chi connectivity index (χ2v) is 7.77. The van der Waals surface area contributed by atoms with Gasteiger partial charge in [0.05, 0.1) is 0 Å². The van der Waals surface area contributed by atoms with Crippen molar-refractivity contribution in [3.05, 3.63) is 89.5 Å². The van der Waals surface area contributed by atoms with Crippen molar-refractivity contribution in [2.24, 2.45) is 0 Å². The van der Waals surface area contributed by atoms with Crippen LogP contribution in [0, 0.1) is 0 Å². The van der Waals surface area contributed by atoms with Crippen molar-refractivity contribution in [3.8, 4) is 17.2 Å². The van der Waals surface area contributed by atoms with E-state index >= 15 is 0 Å². The van der Waals surface area contributed by atoms with Crippen LogP contribution < -0.4 is 14.2 Å². The van der Waals surface area contributed by atoms with E-state index in [0.29, 0.717) is 23.5 Å². The van der Waals surface area contributed by atoms with Crippen molar-refractivity contribution in [3.63, 3.8) is 0 Å². The first-order valence-corrected chi connectivity index (χ1v) is 11.3. The molecule has 0 atom stereocenters. The van der Waals surface area contributed by atoms with E-state index in [4.69, 9.17) is 14.2 Å². The number of carbonyl (C=O) groups excluding carboxylic acids is 1. The molecular weight excluding hydrogens is 414 g/mol. The Hall–Kier alpha value is -3.57. The molecular formula is C28H29NO4. The number of rotatable bonds is 10. The quantitative estimate of drug-likeness (QED) is 0.233. The van der Waals surface area contributed by atoms with Gasteiger partial charge in [0, 0.05) is 17.7 Å². The molecule has 0 saturated heterocycles. The number of hydrogen-bond acceptors (Lipinski definition) is 5. The maximum Gasteiger partial charge on any atom is 0.231 e. The highest BCUT2D eigenvalue weighted by atomic mass is 16.7. The molecule has 4 rings (SSSR count). The van der Waals surface area contributed by atoms with Gasteiger partial charge in [-0.3, -0.25) is 4.79 Å². The van der Waals surface area contributed by atoms with Crippen LogP contribution in [-0.2, 0) is 0 Å². The standard InChI is InChI=1S/C28H29NO4/c1-3-29(4-2)16-17-31-24-13-11-23(12-14-24)28(30)25(22-8-6-5-7-9-22)18-21-10-15-26-27(19-21)33-20-32-26/h5-15,18-19H,3-4,16-17,20H2,1-2H3. The zero-order chi connectivity index (χ0) is 23.0. The van der Waals surface area contributed by atoms with E-state index < -0.39 is 0 Å². The second-order valence-electron chi connectivity index (χ2n) is 7.77. The Morgan fingerprint density at radius 2 is 1.64 bits per heavy atom. The highest BCUT2D eigenvalue weighted by Crippen LogP contribution is 2.34. The molecule has 0 saturated carbocycles. The number of Topliss-reactive ketones (excluding diaryl/α,β-unsaturated/α-hetero) is 1. The summed E-state index contributed by atoms with van der Waals surface area (Å²) in [6.07, 6.45) is 1.90. The summed E-state index contributed by atoms with van der Waals surface area (Å²) in [5.74, 6) is 2.12. The first kappa shape index (κ1) is 22.6. The van der Waals surface area contributed by atoms with Crippen LogP contribution in [0.3, 0.4) is 0 Å². The van der Waals surface area contributed by atoms with Crippen molar-refractivity contribution >= 4 is 17.4 Å². The highest BCUT2D eigenvalue weighted by Gasteiger charge is 2.17. The normalized spacial score (nSPS) is 12.8. The monoisotopic (exact) mass is 443 g/mol. The summed E-state index contributed by atoms with van der Waals surface area (Å²) in [5, 5.41) is 0. The van der Waals surface area contributed by atoms with Crippen LogP contribution in [0.4, 0.5) is 0 Å². The molecule has 1 heterocycles. The Bertz CT molecular complexity index is 1100. The van der Waals surface area contributed by atoms with Crippen LogP contribution in [0.15, 0.2) is 72.8 Å². The summed E-state index contributed by atoms with van der Waals surface area (Å²) in [5.41, 5.74) is 2.97. The molecule has 33 heavy (non-hydrogen) atoms. The van der Waals surface area contributed by atoms with Crippen LogP contribution in [0.25, 0.3) is 11.6 Å². The van der Waals surface area contributed by atoms with E-state index in [2.05, 4.69) is 18.7 Å². The molecule has 0 N–H and O–H groups in total. The molecule has 0 fully saturated rings. The minimum absolute atomic E-state index is 0.0476. The summed E-state index contributed by atoms with van der Waals surface area (Å²) < 4.78 is 16.8. The van der Waals surface area contributed by atoms with Gasteiger partial charge in [-0.2, -0.15) is 0 Å². The smallest absolute Gasteiger partial charge is 0.231 e. The topological polar surface area (TPSA) is 48.0 Å². The summed E-state index contributed by atoms with van der Waals surface area (Å²) in [4.78, 5) is 15.8. The maximum absolute atomic E-state index is 13.5. The van der Waals surface area contributed by atoms with E-state index in [1.165, 1.54) is 0 Å². The van der Waals surface area contributed by atoms with Crippen LogP contribution in [-0.4, -0.2) is 43.7 Å². The third kappa shape index (κ3) is 5.62. The molecule has 0 aliphatic carbocycles. The summed E-state index contributed by atoms with van der Waals surface area (Å²) in [6, 6.07) is 22.8. The van der Waals surface area contributed by atoms with Crippen LogP contribution in [0.2, 0.25) is 0 Å².